The standard InChI is InChI=1S/C6H12O6.2BO3.3Ca/c7-1-3(9)5(11)6(12)4(10)2-8;2*2-1(3)4;;;/h3,5-9,11-12H,1-2H2;;;;;/q;2*-3;3*+2. The number of aliphatic hydroxyl groups excluding tert-OH is 5. The topological polar surface area (TPSA) is 257 Å². The number of ketones is 1. The van der Waals surface area contributed by atoms with E-state index in [0.717, 1.165) is 0 Å². The van der Waals surface area contributed by atoms with Gasteiger partial charge in [0.2, 0.25) is 0 Å². The summed E-state index contributed by atoms with van der Waals surface area (Å²) in [7, 11) is -5.83. The van der Waals surface area contributed by atoms with E-state index in [2.05, 4.69) is 0 Å². The minimum Gasteiger partial charge on any atom is -0.907 e. The summed E-state index contributed by atoms with van der Waals surface area (Å²) in [6, 6.07) is 0. The predicted octanol–water partition coefficient (Wildman–Crippen LogP) is -12.4. The van der Waals surface area contributed by atoms with Crippen molar-refractivity contribution in [2.75, 3.05) is 13.2 Å². The molecule has 0 heterocycles. The van der Waals surface area contributed by atoms with Crippen LogP contribution in [0.4, 0.5) is 0 Å². The maximum atomic E-state index is 10.5. The molecule has 0 saturated heterocycles. The van der Waals surface area contributed by atoms with Crippen molar-refractivity contribution >= 4 is 134 Å². The third kappa shape index (κ3) is 36.7. The molecule has 0 spiro atoms. The summed E-state index contributed by atoms with van der Waals surface area (Å²) >= 11 is 0. The van der Waals surface area contributed by atoms with E-state index in [1.54, 1.807) is 0 Å². The van der Waals surface area contributed by atoms with Crippen LogP contribution in [0, 0.1) is 0 Å². The monoisotopic (exact) mass is 418 g/mol. The molecule has 3 atom stereocenters. The Morgan fingerprint density at radius 2 is 1.09 bits per heavy atom. The van der Waals surface area contributed by atoms with Gasteiger partial charge < -0.3 is 55.7 Å². The van der Waals surface area contributed by atoms with Gasteiger partial charge in [0.1, 0.15) is 24.9 Å². The first-order valence-corrected chi connectivity index (χ1v) is 4.74. The molecule has 17 heteroatoms. The molecule has 12 nitrogen and oxygen atoms in total. The molecule has 0 aromatic heterocycles. The predicted molar refractivity (Wildman–Crippen MR) is 66.0 cm³/mol. The van der Waals surface area contributed by atoms with Crippen LogP contribution in [0.15, 0.2) is 0 Å². The number of carbonyl (C=O) groups excluding carboxylic acids is 1. The molecule has 0 bridgehead atoms. The first kappa shape index (κ1) is 40.7. The van der Waals surface area contributed by atoms with Crippen LogP contribution in [0.5, 0.6) is 0 Å². The van der Waals surface area contributed by atoms with Crippen LogP contribution in [0.1, 0.15) is 0 Å². The first-order chi connectivity index (χ1) is 9.00. The minimum atomic E-state index is -2.92. The van der Waals surface area contributed by atoms with Gasteiger partial charge in [0, 0.05) is 0 Å². The normalized spacial score (nSPS) is 12.0. The molecule has 0 saturated carbocycles. The molecule has 0 rings (SSSR count). The molecule has 0 aliphatic rings. The molecule has 5 N–H and O–H groups in total. The molecule has 120 valence electrons. The Hall–Kier alpha value is 3.14. The number of Topliss-reactive ketones (excluding diaryl/α,β-unsaturated/α-hetero) is 1. The fraction of sp³-hybridized carbons (Fsp3) is 0.833. The van der Waals surface area contributed by atoms with Gasteiger partial charge >= 0.3 is 113 Å². The second-order valence-corrected chi connectivity index (χ2v) is 2.89. The van der Waals surface area contributed by atoms with Gasteiger partial charge in [0.05, 0.1) is 6.61 Å². The van der Waals surface area contributed by atoms with Gasteiger partial charge in [-0.15, -0.1) is 0 Å². The molecular weight excluding hydrogens is 406 g/mol. The Morgan fingerprint density at radius 3 is 1.26 bits per heavy atom. The van der Waals surface area contributed by atoms with Crippen LogP contribution in [0.2, 0.25) is 0 Å². The number of hydrogen-bond acceptors (Lipinski definition) is 12. The van der Waals surface area contributed by atoms with Crippen LogP contribution in [0.25, 0.3) is 0 Å². The SMILES string of the molecule is O=C(CO)C(O)C(O)C(O)CO.[Ca+2].[Ca+2].[Ca+2].[O-]B([O-])[O-].[O-]B([O-])[O-]. The van der Waals surface area contributed by atoms with Crippen molar-refractivity contribution in [2.24, 2.45) is 0 Å². The van der Waals surface area contributed by atoms with Gasteiger partial charge in [-0.25, -0.2) is 0 Å². The molecular formula is C6H12B2Ca3O12. The minimum absolute atomic E-state index is 0. The summed E-state index contributed by atoms with van der Waals surface area (Å²) < 4.78 is 0. The van der Waals surface area contributed by atoms with Crippen LogP contribution in [-0.4, -0.2) is 191 Å². The fourth-order valence-electron chi connectivity index (χ4n) is 0.602. The van der Waals surface area contributed by atoms with Crippen LogP contribution in [0.3, 0.4) is 0 Å². The van der Waals surface area contributed by atoms with Gasteiger partial charge in [-0.2, -0.15) is 0 Å². The second-order valence-electron chi connectivity index (χ2n) is 2.89. The van der Waals surface area contributed by atoms with Gasteiger partial charge in [0.25, 0.3) is 0 Å². The molecule has 0 aromatic rings. The summed E-state index contributed by atoms with van der Waals surface area (Å²) in [6.45, 7) is -1.69. The largest absolute Gasteiger partial charge is 2.00 e. The average molecular weight is 418 g/mol. The summed E-state index contributed by atoms with van der Waals surface area (Å²) in [5, 5.41) is 93.6. The summed E-state index contributed by atoms with van der Waals surface area (Å²) in [5.41, 5.74) is 0. The molecule has 0 radical (unpaired) electrons. The Bertz CT molecular complexity index is 227. The molecule has 23 heavy (non-hydrogen) atoms. The van der Waals surface area contributed by atoms with E-state index in [1.807, 2.05) is 0 Å². The van der Waals surface area contributed by atoms with E-state index in [4.69, 9.17) is 55.7 Å². The fourth-order valence-corrected chi connectivity index (χ4v) is 0.602. The van der Waals surface area contributed by atoms with Crippen molar-refractivity contribution in [2.45, 2.75) is 18.3 Å². The van der Waals surface area contributed by atoms with Gasteiger partial charge in [-0.05, 0) is 0 Å². The number of hydrogen-bond donors (Lipinski definition) is 5. The van der Waals surface area contributed by atoms with Crippen LogP contribution in [-0.2, 0) is 4.79 Å². The number of carbonyl (C=O) groups is 1. The Morgan fingerprint density at radius 1 is 0.826 bits per heavy atom. The average Bonchev–Trinajstić information content (AvgIpc) is 2.33. The number of rotatable bonds is 5. The summed E-state index contributed by atoms with van der Waals surface area (Å²) in [4.78, 5) is 10.5. The van der Waals surface area contributed by atoms with Gasteiger partial charge in [-0.1, -0.05) is 0 Å². The third-order valence-corrected chi connectivity index (χ3v) is 1.39. The van der Waals surface area contributed by atoms with E-state index in [9.17, 15) is 4.79 Å². The molecule has 0 fully saturated rings. The van der Waals surface area contributed by atoms with Crippen molar-refractivity contribution in [1.29, 1.82) is 0 Å². The van der Waals surface area contributed by atoms with Crippen molar-refractivity contribution in [3.63, 3.8) is 0 Å². The molecule has 3 unspecified atom stereocenters. The van der Waals surface area contributed by atoms with Crippen molar-refractivity contribution in [3.8, 4) is 0 Å². The molecule has 0 aliphatic heterocycles. The molecule has 0 amide bonds. The Kier molecular flexibility index (Phi) is 48.4. The van der Waals surface area contributed by atoms with E-state index >= 15 is 0 Å². The summed E-state index contributed by atoms with van der Waals surface area (Å²) in [6.07, 6.45) is -5.22. The van der Waals surface area contributed by atoms with Crippen molar-refractivity contribution < 1.29 is 60.5 Å². The smallest absolute Gasteiger partial charge is 0.907 e. The van der Waals surface area contributed by atoms with E-state index in [0.29, 0.717) is 0 Å². The van der Waals surface area contributed by atoms with Crippen LogP contribution >= 0.6 is 0 Å². The zero-order chi connectivity index (χ0) is 16.9. The van der Waals surface area contributed by atoms with Crippen molar-refractivity contribution in [1.82, 2.24) is 0 Å². The Labute approximate surface area is 222 Å². The quantitative estimate of drug-likeness (QED) is 0.261. The van der Waals surface area contributed by atoms with E-state index < -0.39 is 52.0 Å². The van der Waals surface area contributed by atoms with E-state index in [-0.39, 0.29) is 113 Å². The second kappa shape index (κ2) is 27.4. The van der Waals surface area contributed by atoms with E-state index in [1.165, 1.54) is 0 Å². The third-order valence-electron chi connectivity index (χ3n) is 1.39. The maximum Gasteiger partial charge on any atom is 2.00 e. The molecule has 0 aliphatic carbocycles. The molecule has 0 aromatic carbocycles. The zero-order valence-corrected chi connectivity index (χ0v) is 18.6. The zero-order valence-electron chi connectivity index (χ0n) is 12.0. The number of aliphatic hydroxyl groups is 5. The first-order valence-electron chi connectivity index (χ1n) is 4.74. The van der Waals surface area contributed by atoms with Gasteiger partial charge in [0.15, 0.2) is 5.78 Å². The van der Waals surface area contributed by atoms with Gasteiger partial charge in [-0.3, -0.25) is 19.4 Å². The Balaban J connectivity index is -0.0000000559. The van der Waals surface area contributed by atoms with Crippen LogP contribution < -0.4 is 30.1 Å². The maximum absolute atomic E-state index is 10.5. The van der Waals surface area contributed by atoms with Crippen molar-refractivity contribution in [3.05, 3.63) is 0 Å². The summed E-state index contributed by atoms with van der Waals surface area (Å²) in [5.74, 6) is -1.00.